The van der Waals surface area contributed by atoms with Crippen molar-refractivity contribution in [3.63, 3.8) is 0 Å². The van der Waals surface area contributed by atoms with E-state index in [4.69, 9.17) is 4.74 Å². The molecule has 2 rings (SSSR count). The highest BCUT2D eigenvalue weighted by molar-refractivity contribution is 7.27. The third-order valence-corrected chi connectivity index (χ3v) is 3.37. The van der Waals surface area contributed by atoms with Crippen LogP contribution >= 0.6 is 22.7 Å². The lowest BCUT2D eigenvalue weighted by atomic mass is 10.5. The van der Waals surface area contributed by atoms with Gasteiger partial charge in [0.25, 0.3) is 0 Å². The maximum Gasteiger partial charge on any atom is 0.175 e. The molecule has 0 N–H and O–H groups in total. The van der Waals surface area contributed by atoms with Crippen molar-refractivity contribution in [2.75, 3.05) is 7.11 Å². The molecule has 0 amide bonds. The van der Waals surface area contributed by atoms with E-state index in [1.54, 1.807) is 29.8 Å². The summed E-state index contributed by atoms with van der Waals surface area (Å²) in [4.78, 5) is 0. The lowest BCUT2D eigenvalue weighted by Gasteiger charge is -1.87. The van der Waals surface area contributed by atoms with Crippen molar-refractivity contribution in [1.82, 2.24) is 0 Å². The fourth-order valence-electron chi connectivity index (χ4n) is 0.844. The Hall–Kier alpha value is -0.540. The SMILES string of the molecule is COc1cc2sccc2s1. The molecule has 1 nitrogen and oxygen atoms in total. The van der Waals surface area contributed by atoms with Gasteiger partial charge in [-0.25, -0.2) is 0 Å². The van der Waals surface area contributed by atoms with Gasteiger partial charge in [-0.2, -0.15) is 0 Å². The first-order chi connectivity index (χ1) is 4.90. The molecule has 3 heteroatoms. The highest BCUT2D eigenvalue weighted by Gasteiger charge is 2.00. The first kappa shape index (κ1) is 6.19. The van der Waals surface area contributed by atoms with Crippen LogP contribution in [0.25, 0.3) is 9.40 Å². The highest BCUT2D eigenvalue weighted by Crippen LogP contribution is 2.34. The second kappa shape index (κ2) is 2.25. The smallest absolute Gasteiger partial charge is 0.175 e. The van der Waals surface area contributed by atoms with E-state index in [9.17, 15) is 0 Å². The van der Waals surface area contributed by atoms with Gasteiger partial charge in [-0.1, -0.05) is 11.3 Å². The molecule has 2 aromatic rings. The Labute approximate surface area is 66.9 Å². The van der Waals surface area contributed by atoms with Crippen LogP contribution in [0.1, 0.15) is 0 Å². The second-order valence-electron chi connectivity index (χ2n) is 1.92. The third kappa shape index (κ3) is 0.822. The highest BCUT2D eigenvalue weighted by atomic mass is 32.1. The standard InChI is InChI=1S/C7H6OS2/c1-8-7-4-6-5(10-7)2-3-9-6/h2-4H,1H3. The summed E-state index contributed by atoms with van der Waals surface area (Å²) < 4.78 is 7.72. The summed E-state index contributed by atoms with van der Waals surface area (Å²) in [5.74, 6) is 0. The van der Waals surface area contributed by atoms with Gasteiger partial charge < -0.3 is 4.74 Å². The maximum atomic E-state index is 5.08. The number of ether oxygens (including phenoxy) is 1. The zero-order valence-corrected chi connectivity index (χ0v) is 7.09. The third-order valence-electron chi connectivity index (χ3n) is 1.32. The van der Waals surface area contributed by atoms with Crippen LogP contribution in [-0.2, 0) is 0 Å². The summed E-state index contributed by atoms with van der Waals surface area (Å²) in [5.41, 5.74) is 0. The van der Waals surface area contributed by atoms with Crippen molar-refractivity contribution in [2.45, 2.75) is 0 Å². The molecular formula is C7H6OS2. The predicted molar refractivity (Wildman–Crippen MR) is 46.3 cm³/mol. The molecule has 0 aromatic carbocycles. The van der Waals surface area contributed by atoms with E-state index < -0.39 is 0 Å². The van der Waals surface area contributed by atoms with Crippen LogP contribution < -0.4 is 4.74 Å². The van der Waals surface area contributed by atoms with Crippen molar-refractivity contribution in [3.8, 4) is 5.06 Å². The van der Waals surface area contributed by atoms with Gasteiger partial charge >= 0.3 is 0 Å². The average molecular weight is 170 g/mol. The number of hydrogen-bond acceptors (Lipinski definition) is 3. The van der Waals surface area contributed by atoms with Gasteiger partial charge in [0.2, 0.25) is 0 Å². The van der Waals surface area contributed by atoms with E-state index in [1.165, 1.54) is 9.40 Å². The van der Waals surface area contributed by atoms with Crippen LogP contribution in [0.2, 0.25) is 0 Å². The van der Waals surface area contributed by atoms with Crippen LogP contribution in [0.15, 0.2) is 17.5 Å². The molecule has 0 fully saturated rings. The zero-order chi connectivity index (χ0) is 6.97. The summed E-state index contributed by atoms with van der Waals surface area (Å²) in [7, 11) is 1.70. The predicted octanol–water partition coefficient (Wildman–Crippen LogP) is 2.97. The Morgan fingerprint density at radius 3 is 3.00 bits per heavy atom. The molecule has 0 radical (unpaired) electrons. The minimum Gasteiger partial charge on any atom is -0.487 e. The van der Waals surface area contributed by atoms with Crippen molar-refractivity contribution in [3.05, 3.63) is 17.5 Å². The minimum absolute atomic E-state index is 1.00. The fraction of sp³-hybridized carbons (Fsp3) is 0.143. The number of hydrogen-bond donors (Lipinski definition) is 0. The lowest BCUT2D eigenvalue weighted by molar-refractivity contribution is 0.427. The Balaban J connectivity index is 2.67. The molecule has 0 aliphatic heterocycles. The molecule has 0 aliphatic rings. The van der Waals surface area contributed by atoms with Gasteiger partial charge in [0.1, 0.15) is 0 Å². The van der Waals surface area contributed by atoms with Crippen molar-refractivity contribution < 1.29 is 4.74 Å². The average Bonchev–Trinajstić information content (AvgIpc) is 2.42. The molecule has 0 spiro atoms. The van der Waals surface area contributed by atoms with Gasteiger partial charge in [0, 0.05) is 15.5 Å². The Kier molecular flexibility index (Phi) is 1.39. The van der Waals surface area contributed by atoms with E-state index in [0.717, 1.165) is 5.06 Å². The fourth-order valence-corrected chi connectivity index (χ4v) is 2.76. The summed E-state index contributed by atoms with van der Waals surface area (Å²) >= 11 is 3.45. The largest absolute Gasteiger partial charge is 0.487 e. The second-order valence-corrected chi connectivity index (χ2v) is 3.91. The molecule has 0 bridgehead atoms. The molecule has 2 heterocycles. The topological polar surface area (TPSA) is 9.23 Å². The van der Waals surface area contributed by atoms with Crippen molar-refractivity contribution in [1.29, 1.82) is 0 Å². The summed E-state index contributed by atoms with van der Waals surface area (Å²) in [6.07, 6.45) is 0. The van der Waals surface area contributed by atoms with E-state index in [-0.39, 0.29) is 0 Å². The number of rotatable bonds is 1. The molecule has 0 unspecified atom stereocenters. The first-order valence-electron chi connectivity index (χ1n) is 2.91. The van der Waals surface area contributed by atoms with Crippen LogP contribution in [0.3, 0.4) is 0 Å². The number of methoxy groups -OCH3 is 1. The van der Waals surface area contributed by atoms with Gasteiger partial charge in [-0.3, -0.25) is 0 Å². The number of fused-ring (bicyclic) bond motifs is 1. The molecule has 0 atom stereocenters. The lowest BCUT2D eigenvalue weighted by Crippen LogP contribution is -1.73. The Bertz CT molecular complexity index is 305. The quantitative estimate of drug-likeness (QED) is 0.639. The normalized spacial score (nSPS) is 10.5. The maximum absolute atomic E-state index is 5.08. The van der Waals surface area contributed by atoms with E-state index in [0.29, 0.717) is 0 Å². The molecule has 10 heavy (non-hydrogen) atoms. The molecule has 2 aromatic heterocycles. The first-order valence-corrected chi connectivity index (χ1v) is 4.61. The van der Waals surface area contributed by atoms with Crippen LogP contribution in [0.4, 0.5) is 0 Å². The Morgan fingerprint density at radius 1 is 1.40 bits per heavy atom. The molecule has 52 valence electrons. The summed E-state index contributed by atoms with van der Waals surface area (Å²) in [6, 6.07) is 4.19. The van der Waals surface area contributed by atoms with E-state index >= 15 is 0 Å². The summed E-state index contributed by atoms with van der Waals surface area (Å²) in [6.45, 7) is 0. The van der Waals surface area contributed by atoms with E-state index in [2.05, 4.69) is 17.5 Å². The zero-order valence-electron chi connectivity index (χ0n) is 5.46. The van der Waals surface area contributed by atoms with Gasteiger partial charge in [-0.15, -0.1) is 11.3 Å². The molecular weight excluding hydrogens is 164 g/mol. The van der Waals surface area contributed by atoms with Crippen LogP contribution in [0, 0.1) is 0 Å². The molecule has 0 saturated heterocycles. The number of thiophene rings is 2. The van der Waals surface area contributed by atoms with Gasteiger partial charge in [0.05, 0.1) is 7.11 Å². The molecule has 0 aliphatic carbocycles. The van der Waals surface area contributed by atoms with Crippen LogP contribution in [0.5, 0.6) is 5.06 Å². The Morgan fingerprint density at radius 2 is 2.30 bits per heavy atom. The monoisotopic (exact) mass is 170 g/mol. The molecule has 0 saturated carbocycles. The van der Waals surface area contributed by atoms with Gasteiger partial charge in [-0.05, 0) is 11.4 Å². The van der Waals surface area contributed by atoms with Crippen LogP contribution in [-0.4, -0.2) is 7.11 Å². The van der Waals surface area contributed by atoms with Crippen molar-refractivity contribution >= 4 is 32.1 Å². The minimum atomic E-state index is 1.00. The van der Waals surface area contributed by atoms with Crippen molar-refractivity contribution in [2.24, 2.45) is 0 Å². The van der Waals surface area contributed by atoms with E-state index in [1.807, 2.05) is 0 Å². The summed E-state index contributed by atoms with van der Waals surface area (Å²) in [5, 5.41) is 3.10. The van der Waals surface area contributed by atoms with Gasteiger partial charge in [0.15, 0.2) is 5.06 Å².